The van der Waals surface area contributed by atoms with E-state index in [2.05, 4.69) is 9.97 Å². The molecule has 0 aliphatic carbocycles. The minimum atomic E-state index is -0.398. The first-order chi connectivity index (χ1) is 15.1. The van der Waals surface area contributed by atoms with E-state index in [0.717, 1.165) is 38.5 Å². The first-order valence-corrected chi connectivity index (χ1v) is 11.7. The van der Waals surface area contributed by atoms with Crippen molar-refractivity contribution in [3.8, 4) is 10.7 Å². The molecule has 1 aromatic carbocycles. The molecule has 156 valence electrons. The van der Waals surface area contributed by atoms with Crippen LogP contribution in [0.1, 0.15) is 33.3 Å². The third-order valence-corrected chi connectivity index (χ3v) is 7.69. The third-order valence-electron chi connectivity index (χ3n) is 5.57. The van der Waals surface area contributed by atoms with E-state index in [9.17, 15) is 9.59 Å². The number of thiazole rings is 1. The second-order valence-electron chi connectivity index (χ2n) is 7.57. The number of primary amides is 1. The average molecular weight is 449 g/mol. The zero-order chi connectivity index (χ0) is 21.4. The first-order valence-electron chi connectivity index (χ1n) is 10.0. The molecule has 0 saturated carbocycles. The van der Waals surface area contributed by atoms with Crippen LogP contribution in [-0.4, -0.2) is 39.8 Å². The molecule has 1 aliphatic heterocycles. The summed E-state index contributed by atoms with van der Waals surface area (Å²) in [5, 5.41) is 3.81. The monoisotopic (exact) mass is 448 g/mol. The van der Waals surface area contributed by atoms with Gasteiger partial charge in [-0.2, -0.15) is 0 Å². The molecule has 1 atom stereocenters. The van der Waals surface area contributed by atoms with Crippen LogP contribution in [0.4, 0.5) is 0 Å². The number of fused-ring (bicyclic) bond motifs is 1. The van der Waals surface area contributed by atoms with Crippen molar-refractivity contribution in [2.24, 2.45) is 5.73 Å². The predicted octanol–water partition coefficient (Wildman–Crippen LogP) is 4.08. The van der Waals surface area contributed by atoms with Gasteiger partial charge in [-0.1, -0.05) is 24.3 Å². The summed E-state index contributed by atoms with van der Waals surface area (Å²) in [6, 6.07) is 13.7. The Hall–Kier alpha value is -3.10. The van der Waals surface area contributed by atoms with Crippen molar-refractivity contribution in [1.29, 1.82) is 0 Å². The smallest absolute Gasteiger partial charge is 0.259 e. The fourth-order valence-electron chi connectivity index (χ4n) is 4.14. The Kier molecular flexibility index (Phi) is 5.25. The van der Waals surface area contributed by atoms with E-state index in [1.165, 1.54) is 22.7 Å². The number of carbonyl (C=O) groups excluding carboxylic acids is 2. The normalized spacial score (nSPS) is 16.1. The Balaban J connectivity index is 1.32. The standard InChI is InChI=1S/C23H20N4O2S2/c24-22(29)21-20(16-5-1-2-7-18(16)31-21)14-8-10-27(12-14)19(28)11-15-13-30-23(26-15)17-6-3-4-9-25-17/h1-7,9,13-14H,8,10-12H2,(H2,24,29)/t14-/m1/s1. The number of hydrogen-bond acceptors (Lipinski definition) is 6. The number of thiophene rings is 1. The Labute approximate surface area is 187 Å². The molecule has 4 aromatic rings. The van der Waals surface area contributed by atoms with Crippen molar-refractivity contribution in [1.82, 2.24) is 14.9 Å². The second kappa shape index (κ2) is 8.20. The van der Waals surface area contributed by atoms with Crippen LogP contribution in [0.3, 0.4) is 0 Å². The zero-order valence-electron chi connectivity index (χ0n) is 16.7. The molecule has 1 aliphatic rings. The molecule has 3 aromatic heterocycles. The van der Waals surface area contributed by atoms with Gasteiger partial charge in [0.1, 0.15) is 5.01 Å². The molecule has 1 saturated heterocycles. The van der Waals surface area contributed by atoms with E-state index in [0.29, 0.717) is 18.0 Å². The number of nitrogens with zero attached hydrogens (tertiary/aromatic N) is 3. The quantitative estimate of drug-likeness (QED) is 0.498. The van der Waals surface area contributed by atoms with Crippen molar-refractivity contribution < 1.29 is 9.59 Å². The third kappa shape index (κ3) is 3.84. The maximum Gasteiger partial charge on any atom is 0.259 e. The first kappa shape index (κ1) is 19.8. The number of pyridine rings is 1. The topological polar surface area (TPSA) is 89.2 Å². The summed E-state index contributed by atoms with van der Waals surface area (Å²) >= 11 is 2.94. The van der Waals surface area contributed by atoms with E-state index in [-0.39, 0.29) is 18.2 Å². The molecular formula is C23H20N4O2S2. The van der Waals surface area contributed by atoms with Crippen LogP contribution in [0.15, 0.2) is 54.0 Å². The molecule has 2 amide bonds. The second-order valence-corrected chi connectivity index (χ2v) is 9.48. The summed E-state index contributed by atoms with van der Waals surface area (Å²) in [6.45, 7) is 1.26. The zero-order valence-corrected chi connectivity index (χ0v) is 18.3. The number of amides is 2. The van der Waals surface area contributed by atoms with Gasteiger partial charge in [0.2, 0.25) is 5.91 Å². The number of likely N-dealkylation sites (tertiary alicyclic amines) is 1. The van der Waals surface area contributed by atoms with Crippen LogP contribution in [0.25, 0.3) is 20.8 Å². The summed E-state index contributed by atoms with van der Waals surface area (Å²) in [6.07, 6.45) is 2.83. The lowest BCUT2D eigenvalue weighted by atomic mass is 9.95. The minimum Gasteiger partial charge on any atom is -0.365 e. The molecular weight excluding hydrogens is 428 g/mol. The number of hydrogen-bond donors (Lipinski definition) is 1. The maximum atomic E-state index is 12.9. The van der Waals surface area contributed by atoms with Gasteiger partial charge in [-0.25, -0.2) is 4.98 Å². The Bertz CT molecular complexity index is 1270. The van der Waals surface area contributed by atoms with E-state index in [1.54, 1.807) is 6.20 Å². The van der Waals surface area contributed by atoms with Crippen LogP contribution in [-0.2, 0) is 11.2 Å². The van der Waals surface area contributed by atoms with Gasteiger partial charge in [0.25, 0.3) is 5.91 Å². The molecule has 31 heavy (non-hydrogen) atoms. The Morgan fingerprint density at radius 1 is 1.16 bits per heavy atom. The van der Waals surface area contributed by atoms with Crippen LogP contribution in [0.2, 0.25) is 0 Å². The maximum absolute atomic E-state index is 12.9. The summed E-state index contributed by atoms with van der Waals surface area (Å²) in [5.74, 6) is -0.229. The number of carbonyl (C=O) groups is 2. The lowest BCUT2D eigenvalue weighted by Crippen LogP contribution is -2.30. The van der Waals surface area contributed by atoms with Crippen LogP contribution in [0.5, 0.6) is 0 Å². The molecule has 5 rings (SSSR count). The van der Waals surface area contributed by atoms with E-state index >= 15 is 0 Å². The largest absolute Gasteiger partial charge is 0.365 e. The highest BCUT2D eigenvalue weighted by molar-refractivity contribution is 7.21. The summed E-state index contributed by atoms with van der Waals surface area (Å²) in [7, 11) is 0. The van der Waals surface area contributed by atoms with E-state index in [4.69, 9.17) is 5.73 Å². The van der Waals surface area contributed by atoms with Gasteiger partial charge in [0.15, 0.2) is 0 Å². The van der Waals surface area contributed by atoms with Crippen LogP contribution >= 0.6 is 22.7 Å². The summed E-state index contributed by atoms with van der Waals surface area (Å²) in [4.78, 5) is 36.4. The number of rotatable bonds is 5. The lowest BCUT2D eigenvalue weighted by molar-refractivity contribution is -0.129. The number of benzene rings is 1. The van der Waals surface area contributed by atoms with Crippen molar-refractivity contribution in [3.05, 3.63) is 70.2 Å². The molecule has 0 spiro atoms. The van der Waals surface area contributed by atoms with Gasteiger partial charge in [0.05, 0.1) is 22.7 Å². The predicted molar refractivity (Wildman–Crippen MR) is 123 cm³/mol. The molecule has 0 radical (unpaired) electrons. The van der Waals surface area contributed by atoms with Crippen LogP contribution < -0.4 is 5.73 Å². The van der Waals surface area contributed by atoms with Crippen molar-refractivity contribution in [2.45, 2.75) is 18.8 Å². The van der Waals surface area contributed by atoms with Crippen molar-refractivity contribution in [3.63, 3.8) is 0 Å². The fourth-order valence-corrected chi connectivity index (χ4v) is 6.07. The minimum absolute atomic E-state index is 0.0560. The van der Waals surface area contributed by atoms with Gasteiger partial charge >= 0.3 is 0 Å². The molecule has 2 N–H and O–H groups in total. The summed E-state index contributed by atoms with van der Waals surface area (Å²) < 4.78 is 1.06. The SMILES string of the molecule is NC(=O)c1sc2ccccc2c1[C@@H]1CCN(C(=O)Cc2csc(-c3ccccn3)n2)C1. The van der Waals surface area contributed by atoms with Gasteiger partial charge in [-0.15, -0.1) is 22.7 Å². The highest BCUT2D eigenvalue weighted by Gasteiger charge is 2.32. The van der Waals surface area contributed by atoms with Crippen LogP contribution in [0, 0.1) is 0 Å². The van der Waals surface area contributed by atoms with Gasteiger partial charge in [0, 0.05) is 35.3 Å². The van der Waals surface area contributed by atoms with Gasteiger partial charge in [-0.3, -0.25) is 14.6 Å². The van der Waals surface area contributed by atoms with Gasteiger partial charge in [-0.05, 0) is 35.6 Å². The number of nitrogens with two attached hydrogens (primary N) is 1. The molecule has 8 heteroatoms. The molecule has 0 unspecified atom stereocenters. The molecule has 4 heterocycles. The molecule has 1 fully saturated rings. The highest BCUT2D eigenvalue weighted by atomic mass is 32.1. The lowest BCUT2D eigenvalue weighted by Gasteiger charge is -2.16. The molecule has 0 bridgehead atoms. The Morgan fingerprint density at radius 3 is 2.81 bits per heavy atom. The Morgan fingerprint density at radius 2 is 2.00 bits per heavy atom. The molecule has 6 nitrogen and oxygen atoms in total. The van der Waals surface area contributed by atoms with Crippen molar-refractivity contribution in [2.75, 3.05) is 13.1 Å². The highest BCUT2D eigenvalue weighted by Crippen LogP contribution is 2.40. The van der Waals surface area contributed by atoms with E-state index in [1.807, 2.05) is 52.7 Å². The average Bonchev–Trinajstić information content (AvgIpc) is 3.52. The number of aromatic nitrogens is 2. The van der Waals surface area contributed by atoms with Crippen molar-refractivity contribution >= 4 is 44.6 Å². The summed E-state index contributed by atoms with van der Waals surface area (Å²) in [5.41, 5.74) is 8.24. The van der Waals surface area contributed by atoms with E-state index < -0.39 is 5.91 Å². The van der Waals surface area contributed by atoms with Gasteiger partial charge < -0.3 is 10.6 Å². The fraction of sp³-hybridized carbons (Fsp3) is 0.217.